The summed E-state index contributed by atoms with van der Waals surface area (Å²) < 4.78 is 4.71. The Balaban J connectivity index is 1.67. The number of hydrogen-bond donors (Lipinski definition) is 2. The fraction of sp³-hybridized carbons (Fsp3) is 0.227. The molecule has 1 aromatic heterocycles. The van der Waals surface area contributed by atoms with Crippen molar-refractivity contribution in [3.63, 3.8) is 0 Å². The van der Waals surface area contributed by atoms with Crippen LogP contribution < -0.4 is 15.5 Å². The van der Waals surface area contributed by atoms with Gasteiger partial charge in [0.2, 0.25) is 5.95 Å². The third-order valence-electron chi connectivity index (χ3n) is 4.49. The number of benzene rings is 2. The van der Waals surface area contributed by atoms with Crippen LogP contribution in [0.5, 0.6) is 0 Å². The molecule has 7 heteroatoms. The number of hydrogen-bond acceptors (Lipinski definition) is 7. The maximum Gasteiger partial charge on any atom is 0.337 e. The molecule has 0 aliphatic carbocycles. The van der Waals surface area contributed by atoms with Gasteiger partial charge in [-0.1, -0.05) is 0 Å². The van der Waals surface area contributed by atoms with Crippen molar-refractivity contribution in [2.75, 3.05) is 35.7 Å². The van der Waals surface area contributed by atoms with Crippen molar-refractivity contribution in [2.24, 2.45) is 0 Å². The second kappa shape index (κ2) is 9.54. The van der Waals surface area contributed by atoms with Gasteiger partial charge in [0.25, 0.3) is 0 Å². The first-order valence-electron chi connectivity index (χ1n) is 9.53. The molecule has 0 aliphatic rings. The number of nitrogens with zero attached hydrogens (tertiary/aromatic N) is 3. The number of ether oxygens (including phenoxy) is 1. The molecular weight excluding hydrogens is 366 g/mol. The van der Waals surface area contributed by atoms with Crippen molar-refractivity contribution in [3.05, 3.63) is 66.4 Å². The van der Waals surface area contributed by atoms with E-state index in [0.717, 1.165) is 24.5 Å². The number of rotatable bonds is 8. The van der Waals surface area contributed by atoms with E-state index in [2.05, 4.69) is 51.5 Å². The minimum absolute atomic E-state index is 0.364. The second-order valence-electron chi connectivity index (χ2n) is 6.30. The van der Waals surface area contributed by atoms with Gasteiger partial charge in [-0.15, -0.1) is 0 Å². The summed E-state index contributed by atoms with van der Waals surface area (Å²) in [6, 6.07) is 17.0. The summed E-state index contributed by atoms with van der Waals surface area (Å²) in [6.07, 6.45) is 1.69. The van der Waals surface area contributed by atoms with E-state index in [1.807, 2.05) is 12.1 Å². The van der Waals surface area contributed by atoms with E-state index in [1.54, 1.807) is 36.5 Å². The van der Waals surface area contributed by atoms with Crippen LogP contribution in [0.3, 0.4) is 0 Å². The normalized spacial score (nSPS) is 10.3. The number of esters is 1. The van der Waals surface area contributed by atoms with Crippen LogP contribution >= 0.6 is 0 Å². The first-order chi connectivity index (χ1) is 14.1. The molecule has 3 rings (SSSR count). The van der Waals surface area contributed by atoms with Crippen molar-refractivity contribution in [2.45, 2.75) is 13.8 Å². The Morgan fingerprint density at radius 1 is 0.931 bits per heavy atom. The van der Waals surface area contributed by atoms with Gasteiger partial charge in [0, 0.05) is 36.3 Å². The summed E-state index contributed by atoms with van der Waals surface area (Å²) >= 11 is 0. The molecule has 0 saturated carbocycles. The Bertz CT molecular complexity index is 938. The Hall–Kier alpha value is -3.61. The van der Waals surface area contributed by atoms with Crippen LogP contribution in [0.15, 0.2) is 60.8 Å². The highest BCUT2D eigenvalue weighted by molar-refractivity contribution is 5.89. The molecule has 2 aromatic carbocycles. The van der Waals surface area contributed by atoms with E-state index in [9.17, 15) is 4.79 Å². The van der Waals surface area contributed by atoms with Crippen molar-refractivity contribution in [1.29, 1.82) is 0 Å². The Morgan fingerprint density at radius 3 is 2.17 bits per heavy atom. The molecule has 0 radical (unpaired) electrons. The lowest BCUT2D eigenvalue weighted by atomic mass is 10.2. The smallest absolute Gasteiger partial charge is 0.337 e. The molecule has 0 atom stereocenters. The molecule has 3 aromatic rings. The van der Waals surface area contributed by atoms with Crippen molar-refractivity contribution < 1.29 is 9.53 Å². The number of carbonyl (C=O) groups excluding carboxylic acids is 1. The summed E-state index contributed by atoms with van der Waals surface area (Å²) in [5.74, 6) is 0.780. The van der Waals surface area contributed by atoms with Gasteiger partial charge in [0.1, 0.15) is 5.82 Å². The van der Waals surface area contributed by atoms with Gasteiger partial charge >= 0.3 is 5.97 Å². The lowest BCUT2D eigenvalue weighted by molar-refractivity contribution is 0.0601. The lowest BCUT2D eigenvalue weighted by Crippen LogP contribution is -2.21. The predicted octanol–water partition coefficient (Wildman–Crippen LogP) is 4.60. The van der Waals surface area contributed by atoms with Crippen molar-refractivity contribution in [3.8, 4) is 0 Å². The average Bonchev–Trinajstić information content (AvgIpc) is 2.76. The molecule has 0 bridgehead atoms. The Morgan fingerprint density at radius 2 is 1.55 bits per heavy atom. The van der Waals surface area contributed by atoms with Crippen LogP contribution in [0.1, 0.15) is 24.2 Å². The topological polar surface area (TPSA) is 79.4 Å². The zero-order valence-electron chi connectivity index (χ0n) is 16.8. The number of anilines is 5. The molecule has 1 heterocycles. The van der Waals surface area contributed by atoms with Crippen LogP contribution in [0.4, 0.5) is 28.8 Å². The highest BCUT2D eigenvalue weighted by atomic mass is 16.5. The molecule has 29 heavy (non-hydrogen) atoms. The van der Waals surface area contributed by atoms with Gasteiger partial charge in [0.05, 0.1) is 12.7 Å². The molecule has 2 N–H and O–H groups in total. The molecule has 0 amide bonds. The molecule has 150 valence electrons. The molecule has 0 unspecified atom stereocenters. The quantitative estimate of drug-likeness (QED) is 0.543. The first kappa shape index (κ1) is 20.1. The fourth-order valence-electron chi connectivity index (χ4n) is 2.92. The largest absolute Gasteiger partial charge is 0.465 e. The van der Waals surface area contributed by atoms with Gasteiger partial charge in [-0.3, -0.25) is 0 Å². The summed E-state index contributed by atoms with van der Waals surface area (Å²) in [6.45, 7) is 6.23. The molecule has 0 spiro atoms. The monoisotopic (exact) mass is 391 g/mol. The van der Waals surface area contributed by atoms with Crippen LogP contribution in [0.25, 0.3) is 0 Å². The lowest BCUT2D eigenvalue weighted by Gasteiger charge is -2.21. The third-order valence-corrected chi connectivity index (χ3v) is 4.49. The minimum atomic E-state index is -0.364. The zero-order valence-corrected chi connectivity index (χ0v) is 16.8. The van der Waals surface area contributed by atoms with Crippen molar-refractivity contribution >= 4 is 34.8 Å². The number of aromatic nitrogens is 2. The molecule has 7 nitrogen and oxygen atoms in total. The standard InChI is InChI=1S/C22H25N5O2/c1-4-27(5-2)19-12-10-18(11-13-19)25-22-23-15-14-20(26-22)24-17-8-6-16(7-9-17)21(28)29-3/h6-15H,4-5H2,1-3H3,(H2,23,24,25,26). The molecule has 0 saturated heterocycles. The maximum absolute atomic E-state index is 11.5. The minimum Gasteiger partial charge on any atom is -0.465 e. The van der Waals surface area contributed by atoms with E-state index >= 15 is 0 Å². The second-order valence-corrected chi connectivity index (χ2v) is 6.30. The van der Waals surface area contributed by atoms with E-state index in [4.69, 9.17) is 4.74 Å². The zero-order chi connectivity index (χ0) is 20.6. The van der Waals surface area contributed by atoms with Gasteiger partial charge in [0.15, 0.2) is 0 Å². The third kappa shape index (κ3) is 5.22. The SMILES string of the molecule is CCN(CC)c1ccc(Nc2nccc(Nc3ccc(C(=O)OC)cc3)n2)cc1. The maximum atomic E-state index is 11.5. The molecule has 0 aliphatic heterocycles. The summed E-state index contributed by atoms with van der Waals surface area (Å²) in [5.41, 5.74) is 3.41. The summed E-state index contributed by atoms with van der Waals surface area (Å²) in [5, 5.41) is 6.43. The first-order valence-corrected chi connectivity index (χ1v) is 9.53. The van der Waals surface area contributed by atoms with Gasteiger partial charge < -0.3 is 20.3 Å². The van der Waals surface area contributed by atoms with Crippen molar-refractivity contribution in [1.82, 2.24) is 9.97 Å². The number of carbonyl (C=O) groups is 1. The number of nitrogens with one attached hydrogen (secondary N) is 2. The highest BCUT2D eigenvalue weighted by Crippen LogP contribution is 2.21. The van der Waals surface area contributed by atoms with Crippen LogP contribution in [0.2, 0.25) is 0 Å². The summed E-state index contributed by atoms with van der Waals surface area (Å²) in [4.78, 5) is 22.6. The van der Waals surface area contributed by atoms with E-state index in [-0.39, 0.29) is 5.97 Å². The van der Waals surface area contributed by atoms with Gasteiger partial charge in [-0.2, -0.15) is 4.98 Å². The average molecular weight is 391 g/mol. The predicted molar refractivity (Wildman–Crippen MR) is 116 cm³/mol. The van der Waals surface area contributed by atoms with Gasteiger partial charge in [-0.25, -0.2) is 9.78 Å². The fourth-order valence-corrected chi connectivity index (χ4v) is 2.92. The Labute approximate surface area is 170 Å². The van der Waals surface area contributed by atoms with Crippen LogP contribution in [-0.2, 0) is 4.74 Å². The van der Waals surface area contributed by atoms with E-state index < -0.39 is 0 Å². The van der Waals surface area contributed by atoms with Crippen LogP contribution in [-0.4, -0.2) is 36.1 Å². The molecular formula is C22H25N5O2. The van der Waals surface area contributed by atoms with E-state index in [0.29, 0.717) is 17.3 Å². The summed E-state index contributed by atoms with van der Waals surface area (Å²) in [7, 11) is 1.36. The van der Waals surface area contributed by atoms with Crippen LogP contribution in [0, 0.1) is 0 Å². The van der Waals surface area contributed by atoms with Gasteiger partial charge in [-0.05, 0) is 68.4 Å². The highest BCUT2D eigenvalue weighted by Gasteiger charge is 2.06. The number of methoxy groups -OCH3 is 1. The van der Waals surface area contributed by atoms with E-state index in [1.165, 1.54) is 12.8 Å². The Kier molecular flexibility index (Phi) is 6.63. The molecule has 0 fully saturated rings.